The summed E-state index contributed by atoms with van der Waals surface area (Å²) in [5.41, 5.74) is 0. The molecule has 70 valence electrons. The Hall–Kier alpha value is -0.440. The molecule has 0 spiro atoms. The van der Waals surface area contributed by atoms with Crippen LogP contribution in [0.5, 0.6) is 0 Å². The summed E-state index contributed by atoms with van der Waals surface area (Å²) in [6.45, 7) is 0.909. The molecular weight excluding hydrogens is 183 g/mol. The largest absolute Gasteiger partial charge is 0.302 e. The zero-order valence-electron chi connectivity index (χ0n) is 6.70. The highest BCUT2D eigenvalue weighted by Gasteiger charge is 2.20. The molecule has 3 nitrogen and oxygen atoms in total. The number of hydrogen-bond acceptors (Lipinski definition) is 2. The lowest BCUT2D eigenvalue weighted by atomic mass is 10.0. The van der Waals surface area contributed by atoms with Gasteiger partial charge in [0.05, 0.1) is 5.92 Å². The van der Waals surface area contributed by atoms with Crippen molar-refractivity contribution < 1.29 is 17.3 Å². The summed E-state index contributed by atoms with van der Waals surface area (Å²) in [5.74, 6) is 1.84. The number of terminal acetylenes is 1. The van der Waals surface area contributed by atoms with Crippen molar-refractivity contribution in [2.75, 3.05) is 6.67 Å². The first kappa shape index (κ1) is 11.6. The van der Waals surface area contributed by atoms with E-state index in [2.05, 4.69) is 10.1 Å². The van der Waals surface area contributed by atoms with E-state index in [9.17, 15) is 8.60 Å². The van der Waals surface area contributed by atoms with Crippen molar-refractivity contribution in [3.63, 3.8) is 0 Å². The van der Waals surface area contributed by atoms with Gasteiger partial charge in [0.25, 0.3) is 0 Å². The topological polar surface area (TPSA) is 46.5 Å². The SMILES string of the molecule is C#CC(CC)C(CF)OS(=O)O. The molecule has 3 unspecified atom stereocenters. The average molecular weight is 194 g/mol. The standard InChI is InChI=1S/C7H11FO3S/c1-3-6(4-2)7(5-8)11-12(9)10/h1,6-7H,4-5H2,2H3,(H,9,10). The molecule has 0 saturated heterocycles. The van der Waals surface area contributed by atoms with Gasteiger partial charge in [-0.25, -0.2) is 4.39 Å². The molecule has 1 N–H and O–H groups in total. The Bertz CT molecular complexity index is 190. The second kappa shape index (κ2) is 6.12. The van der Waals surface area contributed by atoms with Crippen LogP contribution in [0, 0.1) is 18.3 Å². The lowest BCUT2D eigenvalue weighted by Crippen LogP contribution is -2.25. The molecule has 3 atom stereocenters. The molecule has 0 fully saturated rings. The number of rotatable bonds is 5. The quantitative estimate of drug-likeness (QED) is 0.527. The summed E-state index contributed by atoms with van der Waals surface area (Å²) in [6.07, 6.45) is 4.59. The Morgan fingerprint density at radius 2 is 2.42 bits per heavy atom. The fourth-order valence-corrected chi connectivity index (χ4v) is 1.19. The van der Waals surface area contributed by atoms with Gasteiger partial charge in [-0.1, -0.05) is 6.92 Å². The molecule has 0 rings (SSSR count). The zero-order valence-corrected chi connectivity index (χ0v) is 7.51. The molecule has 5 heteroatoms. The van der Waals surface area contributed by atoms with Crippen molar-refractivity contribution in [1.29, 1.82) is 0 Å². The molecule has 0 aliphatic heterocycles. The molecule has 12 heavy (non-hydrogen) atoms. The van der Waals surface area contributed by atoms with E-state index in [4.69, 9.17) is 11.0 Å². The first-order chi connectivity index (χ1) is 5.65. The lowest BCUT2D eigenvalue weighted by Gasteiger charge is -2.16. The van der Waals surface area contributed by atoms with Crippen LogP contribution < -0.4 is 0 Å². The molecule has 0 aromatic carbocycles. The third-order valence-electron chi connectivity index (χ3n) is 1.46. The summed E-state index contributed by atoms with van der Waals surface area (Å²) in [6, 6.07) is 0. The maximum atomic E-state index is 12.2. The van der Waals surface area contributed by atoms with Gasteiger partial charge in [0.15, 0.2) is 0 Å². The molecule has 0 bridgehead atoms. The summed E-state index contributed by atoms with van der Waals surface area (Å²) in [4.78, 5) is 0. The first-order valence-electron chi connectivity index (χ1n) is 3.45. The molecule has 0 saturated carbocycles. The molecule has 0 aliphatic carbocycles. The van der Waals surface area contributed by atoms with E-state index in [1.54, 1.807) is 6.92 Å². The van der Waals surface area contributed by atoms with Crippen LogP contribution in [-0.4, -0.2) is 21.5 Å². The molecule has 0 aliphatic rings. The average Bonchev–Trinajstić information content (AvgIpc) is 2.04. The minimum absolute atomic E-state index is 0.453. The van der Waals surface area contributed by atoms with Gasteiger partial charge in [0.2, 0.25) is 0 Å². The minimum atomic E-state index is -2.45. The van der Waals surface area contributed by atoms with Gasteiger partial charge in [-0.05, 0) is 6.42 Å². The Labute approximate surface area is 73.8 Å². The van der Waals surface area contributed by atoms with Crippen molar-refractivity contribution in [3.8, 4) is 12.3 Å². The Morgan fingerprint density at radius 3 is 2.67 bits per heavy atom. The van der Waals surface area contributed by atoms with Crippen LogP contribution in [-0.2, 0) is 15.5 Å². The van der Waals surface area contributed by atoms with E-state index >= 15 is 0 Å². The molecular formula is C7H11FO3S. The normalized spacial score (nSPS) is 17.8. The smallest absolute Gasteiger partial charge is 0.284 e. The number of hydrogen-bond donors (Lipinski definition) is 1. The fourth-order valence-electron chi connectivity index (χ4n) is 0.794. The fraction of sp³-hybridized carbons (Fsp3) is 0.714. The third kappa shape index (κ3) is 3.81. The van der Waals surface area contributed by atoms with Crippen molar-refractivity contribution in [2.24, 2.45) is 5.92 Å². The molecule has 0 aromatic heterocycles. The zero-order chi connectivity index (χ0) is 9.56. The molecule has 0 aromatic rings. The van der Waals surface area contributed by atoms with Crippen LogP contribution in [0.2, 0.25) is 0 Å². The van der Waals surface area contributed by atoms with Crippen LogP contribution in [0.25, 0.3) is 0 Å². The van der Waals surface area contributed by atoms with E-state index in [0.717, 1.165) is 0 Å². The summed E-state index contributed by atoms with van der Waals surface area (Å²) in [5, 5.41) is 0. The van der Waals surface area contributed by atoms with Crippen LogP contribution in [0.15, 0.2) is 0 Å². The van der Waals surface area contributed by atoms with Crippen LogP contribution in [0.4, 0.5) is 4.39 Å². The second-order valence-electron chi connectivity index (χ2n) is 2.19. The predicted molar refractivity (Wildman–Crippen MR) is 44.2 cm³/mol. The lowest BCUT2D eigenvalue weighted by molar-refractivity contribution is 0.130. The molecule has 0 heterocycles. The maximum absolute atomic E-state index is 12.2. The molecule has 0 radical (unpaired) electrons. The van der Waals surface area contributed by atoms with Gasteiger partial charge in [-0.3, -0.25) is 8.74 Å². The van der Waals surface area contributed by atoms with Gasteiger partial charge >= 0.3 is 11.4 Å². The van der Waals surface area contributed by atoms with E-state index in [1.165, 1.54) is 0 Å². The Morgan fingerprint density at radius 1 is 1.83 bits per heavy atom. The van der Waals surface area contributed by atoms with Crippen molar-refractivity contribution in [1.82, 2.24) is 0 Å². The van der Waals surface area contributed by atoms with Gasteiger partial charge in [-0.15, -0.1) is 12.3 Å². The summed E-state index contributed by atoms with van der Waals surface area (Å²) in [7, 11) is 0. The van der Waals surface area contributed by atoms with E-state index < -0.39 is 30.1 Å². The van der Waals surface area contributed by atoms with Crippen molar-refractivity contribution in [3.05, 3.63) is 0 Å². The van der Waals surface area contributed by atoms with Gasteiger partial charge in [0.1, 0.15) is 12.8 Å². The Balaban J connectivity index is 4.13. The van der Waals surface area contributed by atoms with E-state index in [1.807, 2.05) is 0 Å². The number of halogens is 1. The van der Waals surface area contributed by atoms with Gasteiger partial charge < -0.3 is 0 Å². The van der Waals surface area contributed by atoms with E-state index in [0.29, 0.717) is 6.42 Å². The second-order valence-corrected chi connectivity index (χ2v) is 2.81. The third-order valence-corrected chi connectivity index (χ3v) is 1.87. The monoisotopic (exact) mass is 194 g/mol. The summed E-state index contributed by atoms with van der Waals surface area (Å²) >= 11 is -2.45. The van der Waals surface area contributed by atoms with Crippen LogP contribution >= 0.6 is 0 Å². The predicted octanol–water partition coefficient (Wildman–Crippen LogP) is 1.14. The maximum Gasteiger partial charge on any atom is 0.302 e. The van der Waals surface area contributed by atoms with Gasteiger partial charge in [0, 0.05) is 0 Å². The van der Waals surface area contributed by atoms with Gasteiger partial charge in [-0.2, -0.15) is 4.21 Å². The van der Waals surface area contributed by atoms with E-state index in [-0.39, 0.29) is 0 Å². The van der Waals surface area contributed by atoms with Crippen LogP contribution in [0.3, 0.4) is 0 Å². The van der Waals surface area contributed by atoms with Crippen molar-refractivity contribution in [2.45, 2.75) is 19.4 Å². The Kier molecular flexibility index (Phi) is 5.89. The van der Waals surface area contributed by atoms with Crippen molar-refractivity contribution >= 4 is 11.4 Å². The molecule has 0 amide bonds. The highest BCUT2D eigenvalue weighted by Crippen LogP contribution is 2.12. The highest BCUT2D eigenvalue weighted by molar-refractivity contribution is 7.74. The minimum Gasteiger partial charge on any atom is -0.284 e. The van der Waals surface area contributed by atoms with Crippen LogP contribution in [0.1, 0.15) is 13.3 Å². The summed E-state index contributed by atoms with van der Waals surface area (Å²) < 4.78 is 35.0. The first-order valence-corrected chi connectivity index (χ1v) is 4.48. The number of alkyl halides is 1. The highest BCUT2D eigenvalue weighted by atomic mass is 32.2.